The van der Waals surface area contributed by atoms with Crippen LogP contribution in [-0.4, -0.2) is 12.1 Å². The van der Waals surface area contributed by atoms with E-state index in [1.54, 1.807) is 7.11 Å². The van der Waals surface area contributed by atoms with E-state index in [9.17, 15) is 0 Å². The SMILES string of the molecule is COc1ccccc1C(C)NCc1cccc(C)n1. The van der Waals surface area contributed by atoms with Crippen molar-refractivity contribution in [2.45, 2.75) is 26.4 Å². The van der Waals surface area contributed by atoms with Crippen molar-refractivity contribution >= 4 is 0 Å². The van der Waals surface area contributed by atoms with Gasteiger partial charge in [-0.15, -0.1) is 0 Å². The molecular formula is C16H20N2O. The number of rotatable bonds is 5. The van der Waals surface area contributed by atoms with Crippen LogP contribution in [0.4, 0.5) is 0 Å². The Kier molecular flexibility index (Phi) is 4.53. The highest BCUT2D eigenvalue weighted by Gasteiger charge is 2.10. The van der Waals surface area contributed by atoms with E-state index in [4.69, 9.17) is 4.74 Å². The van der Waals surface area contributed by atoms with Crippen LogP contribution < -0.4 is 10.1 Å². The number of hydrogen-bond acceptors (Lipinski definition) is 3. The second kappa shape index (κ2) is 6.34. The number of benzene rings is 1. The molecule has 1 unspecified atom stereocenters. The summed E-state index contributed by atoms with van der Waals surface area (Å²) in [5.41, 5.74) is 3.27. The van der Waals surface area contributed by atoms with Gasteiger partial charge in [0, 0.05) is 23.8 Å². The number of aryl methyl sites for hydroxylation is 1. The van der Waals surface area contributed by atoms with Crippen LogP contribution in [0.5, 0.6) is 5.75 Å². The first-order valence-electron chi connectivity index (χ1n) is 6.49. The van der Waals surface area contributed by atoms with Crippen LogP contribution >= 0.6 is 0 Å². The Morgan fingerprint density at radius 3 is 2.68 bits per heavy atom. The molecule has 1 heterocycles. The Hall–Kier alpha value is -1.87. The lowest BCUT2D eigenvalue weighted by Gasteiger charge is -2.17. The van der Waals surface area contributed by atoms with Crippen LogP contribution in [0, 0.1) is 6.92 Å². The summed E-state index contributed by atoms with van der Waals surface area (Å²) in [6.07, 6.45) is 0. The molecule has 0 amide bonds. The van der Waals surface area contributed by atoms with Gasteiger partial charge in [0.25, 0.3) is 0 Å². The van der Waals surface area contributed by atoms with Crippen molar-refractivity contribution < 1.29 is 4.74 Å². The first kappa shape index (κ1) is 13.6. The fraction of sp³-hybridized carbons (Fsp3) is 0.312. The molecule has 3 nitrogen and oxygen atoms in total. The third-order valence-electron chi connectivity index (χ3n) is 3.14. The molecule has 0 aliphatic rings. The largest absolute Gasteiger partial charge is 0.496 e. The molecule has 0 saturated carbocycles. The minimum absolute atomic E-state index is 0.221. The van der Waals surface area contributed by atoms with Crippen molar-refractivity contribution in [3.8, 4) is 5.75 Å². The molecule has 19 heavy (non-hydrogen) atoms. The summed E-state index contributed by atoms with van der Waals surface area (Å²) in [4.78, 5) is 4.49. The summed E-state index contributed by atoms with van der Waals surface area (Å²) in [5.74, 6) is 0.916. The highest BCUT2D eigenvalue weighted by Crippen LogP contribution is 2.24. The van der Waals surface area contributed by atoms with Gasteiger partial charge < -0.3 is 10.1 Å². The van der Waals surface area contributed by atoms with Gasteiger partial charge in [-0.1, -0.05) is 24.3 Å². The molecule has 0 bridgehead atoms. The molecule has 1 aromatic carbocycles. The molecule has 0 radical (unpaired) electrons. The Labute approximate surface area is 114 Å². The van der Waals surface area contributed by atoms with Crippen LogP contribution in [0.15, 0.2) is 42.5 Å². The molecule has 0 aliphatic carbocycles. The van der Waals surface area contributed by atoms with Crippen molar-refractivity contribution in [3.05, 3.63) is 59.4 Å². The number of aromatic nitrogens is 1. The molecule has 1 N–H and O–H groups in total. The number of nitrogens with one attached hydrogen (secondary N) is 1. The molecule has 100 valence electrons. The summed E-state index contributed by atoms with van der Waals surface area (Å²) in [5, 5.41) is 3.47. The lowest BCUT2D eigenvalue weighted by Crippen LogP contribution is -2.19. The van der Waals surface area contributed by atoms with E-state index >= 15 is 0 Å². The Balaban J connectivity index is 2.03. The maximum absolute atomic E-state index is 5.38. The van der Waals surface area contributed by atoms with E-state index in [-0.39, 0.29) is 6.04 Å². The summed E-state index contributed by atoms with van der Waals surface area (Å²) in [7, 11) is 1.70. The lowest BCUT2D eigenvalue weighted by molar-refractivity contribution is 0.401. The van der Waals surface area contributed by atoms with Gasteiger partial charge in [-0.05, 0) is 32.0 Å². The molecular weight excluding hydrogens is 236 g/mol. The van der Waals surface area contributed by atoms with E-state index in [1.807, 2.05) is 43.3 Å². The fourth-order valence-electron chi connectivity index (χ4n) is 2.09. The maximum Gasteiger partial charge on any atom is 0.123 e. The fourth-order valence-corrected chi connectivity index (χ4v) is 2.09. The number of ether oxygens (including phenoxy) is 1. The third-order valence-corrected chi connectivity index (χ3v) is 3.14. The zero-order chi connectivity index (χ0) is 13.7. The standard InChI is InChI=1S/C16H20N2O/c1-12-7-6-8-14(18-12)11-17-13(2)15-9-4-5-10-16(15)19-3/h4-10,13,17H,11H2,1-3H3. The lowest BCUT2D eigenvalue weighted by atomic mass is 10.1. The molecule has 3 heteroatoms. The predicted molar refractivity (Wildman–Crippen MR) is 77.2 cm³/mol. The molecule has 0 aliphatic heterocycles. The van der Waals surface area contributed by atoms with Crippen LogP contribution in [0.25, 0.3) is 0 Å². The second-order valence-electron chi connectivity index (χ2n) is 4.61. The van der Waals surface area contributed by atoms with E-state index in [0.29, 0.717) is 0 Å². The molecule has 0 saturated heterocycles. The first-order valence-corrected chi connectivity index (χ1v) is 6.49. The minimum atomic E-state index is 0.221. The number of hydrogen-bond donors (Lipinski definition) is 1. The normalized spacial score (nSPS) is 12.2. The second-order valence-corrected chi connectivity index (χ2v) is 4.61. The predicted octanol–water partition coefficient (Wildman–Crippen LogP) is 3.25. The maximum atomic E-state index is 5.38. The minimum Gasteiger partial charge on any atom is -0.496 e. The van der Waals surface area contributed by atoms with Gasteiger partial charge in [0.05, 0.1) is 12.8 Å². The van der Waals surface area contributed by atoms with Gasteiger partial charge >= 0.3 is 0 Å². The zero-order valence-electron chi connectivity index (χ0n) is 11.7. The van der Waals surface area contributed by atoms with Crippen molar-refractivity contribution in [1.29, 1.82) is 0 Å². The van der Waals surface area contributed by atoms with E-state index < -0.39 is 0 Å². The Morgan fingerprint density at radius 1 is 1.16 bits per heavy atom. The topological polar surface area (TPSA) is 34.1 Å². The number of nitrogens with zero attached hydrogens (tertiary/aromatic N) is 1. The summed E-state index contributed by atoms with van der Waals surface area (Å²) < 4.78 is 5.38. The van der Waals surface area contributed by atoms with E-state index in [1.165, 1.54) is 0 Å². The van der Waals surface area contributed by atoms with Gasteiger partial charge in [-0.25, -0.2) is 0 Å². The van der Waals surface area contributed by atoms with Crippen molar-refractivity contribution in [1.82, 2.24) is 10.3 Å². The quantitative estimate of drug-likeness (QED) is 0.891. The number of para-hydroxylation sites is 1. The molecule has 2 rings (SSSR count). The summed E-state index contributed by atoms with van der Waals surface area (Å²) in [6.45, 7) is 4.89. The smallest absolute Gasteiger partial charge is 0.123 e. The molecule has 1 atom stereocenters. The zero-order valence-corrected chi connectivity index (χ0v) is 11.7. The van der Waals surface area contributed by atoms with Crippen LogP contribution in [0.1, 0.15) is 29.9 Å². The summed E-state index contributed by atoms with van der Waals surface area (Å²) >= 11 is 0. The van der Waals surface area contributed by atoms with Crippen LogP contribution in [0.2, 0.25) is 0 Å². The van der Waals surface area contributed by atoms with Crippen molar-refractivity contribution in [2.24, 2.45) is 0 Å². The van der Waals surface area contributed by atoms with Gasteiger partial charge in [0.1, 0.15) is 5.75 Å². The Bertz CT molecular complexity index is 540. The van der Waals surface area contributed by atoms with Gasteiger partial charge in [-0.2, -0.15) is 0 Å². The van der Waals surface area contributed by atoms with Gasteiger partial charge in [-0.3, -0.25) is 4.98 Å². The summed E-state index contributed by atoms with van der Waals surface area (Å²) in [6, 6.07) is 14.4. The Morgan fingerprint density at radius 2 is 1.95 bits per heavy atom. The van der Waals surface area contributed by atoms with Crippen LogP contribution in [-0.2, 0) is 6.54 Å². The van der Waals surface area contributed by atoms with Crippen molar-refractivity contribution in [2.75, 3.05) is 7.11 Å². The molecule has 1 aromatic heterocycles. The first-order chi connectivity index (χ1) is 9.20. The van der Waals surface area contributed by atoms with Gasteiger partial charge in [0.15, 0.2) is 0 Å². The highest BCUT2D eigenvalue weighted by molar-refractivity contribution is 5.35. The van der Waals surface area contributed by atoms with Crippen LogP contribution in [0.3, 0.4) is 0 Å². The molecule has 2 aromatic rings. The molecule has 0 spiro atoms. The molecule has 0 fully saturated rings. The van der Waals surface area contributed by atoms with Crippen molar-refractivity contribution in [3.63, 3.8) is 0 Å². The third kappa shape index (κ3) is 3.55. The number of methoxy groups -OCH3 is 1. The average molecular weight is 256 g/mol. The van der Waals surface area contributed by atoms with E-state index in [2.05, 4.69) is 23.3 Å². The van der Waals surface area contributed by atoms with Gasteiger partial charge in [0.2, 0.25) is 0 Å². The number of pyridine rings is 1. The highest BCUT2D eigenvalue weighted by atomic mass is 16.5. The average Bonchev–Trinajstić information content (AvgIpc) is 2.45. The monoisotopic (exact) mass is 256 g/mol. The van der Waals surface area contributed by atoms with E-state index in [0.717, 1.165) is 29.2 Å².